The number of anilines is 1. The highest BCUT2D eigenvalue weighted by Gasteiger charge is 2.30. The summed E-state index contributed by atoms with van der Waals surface area (Å²) < 4.78 is 25.7. The first kappa shape index (κ1) is 42.5. The van der Waals surface area contributed by atoms with Crippen LogP contribution in [0, 0.1) is 0 Å². The number of rotatable bonds is 14. The molecule has 0 aliphatic carbocycles. The van der Waals surface area contributed by atoms with Gasteiger partial charge >= 0.3 is 24.1 Å². The van der Waals surface area contributed by atoms with Gasteiger partial charge in [0.1, 0.15) is 34.9 Å². The lowest BCUT2D eigenvalue weighted by atomic mass is 10.1. The van der Waals surface area contributed by atoms with Gasteiger partial charge in [0.2, 0.25) is 11.9 Å². The number of halogens is 1. The van der Waals surface area contributed by atoms with E-state index in [1.807, 2.05) is 28.8 Å². The molecule has 0 radical (unpaired) electrons. The average Bonchev–Trinajstić information content (AvgIpc) is 3.59. The smallest absolute Gasteiger partial charge is 0.413 e. The summed E-state index contributed by atoms with van der Waals surface area (Å²) in [4.78, 5) is 58.7. The number of aromatic nitrogens is 3. The third-order valence-corrected chi connectivity index (χ3v) is 7.47. The number of benzene rings is 1. The SMILES string of the molecule is C[n+]1cc(-c2ccc(OCC(O/N=C(\C(=O)O)c3csc(NC(=O)OC(C)(C)C)n3)C(=O)OC(C)(C)C)cc2Cl)cn1CCCNC(=O)OC(C)(C)C. The normalized spacial score (nSPS) is 12.8. The Labute approximate surface area is 317 Å². The van der Waals surface area contributed by atoms with E-state index < -0.39 is 59.4 Å². The Morgan fingerprint density at radius 1 is 1.00 bits per heavy atom. The van der Waals surface area contributed by atoms with Gasteiger partial charge in [-0.1, -0.05) is 16.8 Å². The number of hydrogen-bond donors (Lipinski definition) is 3. The fourth-order valence-corrected chi connectivity index (χ4v) is 5.27. The van der Waals surface area contributed by atoms with Crippen LogP contribution in [0.25, 0.3) is 11.1 Å². The summed E-state index contributed by atoms with van der Waals surface area (Å²) in [6, 6.07) is 5.00. The van der Waals surface area contributed by atoms with Crippen LogP contribution in [0.2, 0.25) is 5.02 Å². The van der Waals surface area contributed by atoms with E-state index >= 15 is 0 Å². The van der Waals surface area contributed by atoms with Gasteiger partial charge in [-0.3, -0.25) is 5.32 Å². The molecule has 0 fully saturated rings. The Hall–Kier alpha value is -4.90. The number of amides is 2. The predicted molar refractivity (Wildman–Crippen MR) is 197 cm³/mol. The Kier molecular flexibility index (Phi) is 14.2. The lowest BCUT2D eigenvalue weighted by Crippen LogP contribution is -2.39. The van der Waals surface area contributed by atoms with Crippen molar-refractivity contribution in [2.24, 2.45) is 12.2 Å². The van der Waals surface area contributed by atoms with Gasteiger partial charge < -0.3 is 34.2 Å². The highest BCUT2D eigenvalue weighted by Crippen LogP contribution is 2.31. The molecule has 0 saturated heterocycles. The number of thiazole rings is 1. The Bertz CT molecular complexity index is 1800. The molecule has 16 nitrogen and oxygen atoms in total. The number of aliphatic carboxylic acids is 1. The molecule has 53 heavy (non-hydrogen) atoms. The van der Waals surface area contributed by atoms with Gasteiger partial charge in [-0.05, 0) is 86.9 Å². The molecule has 1 unspecified atom stereocenters. The largest absolute Gasteiger partial charge is 0.489 e. The van der Waals surface area contributed by atoms with Crippen LogP contribution in [0.15, 0.2) is 41.1 Å². The van der Waals surface area contributed by atoms with Crippen molar-refractivity contribution in [3.8, 4) is 16.9 Å². The van der Waals surface area contributed by atoms with Crippen molar-refractivity contribution in [3.63, 3.8) is 0 Å². The van der Waals surface area contributed by atoms with Gasteiger partial charge in [-0.2, -0.15) is 4.68 Å². The third kappa shape index (κ3) is 14.6. The number of alkyl carbamates (subject to hydrolysis) is 1. The lowest BCUT2D eigenvalue weighted by molar-refractivity contribution is -0.753. The number of hydrogen-bond acceptors (Lipinski definition) is 12. The first-order valence-corrected chi connectivity index (χ1v) is 17.9. The summed E-state index contributed by atoms with van der Waals surface area (Å²) in [5, 5.41) is 20.5. The molecule has 1 atom stereocenters. The summed E-state index contributed by atoms with van der Waals surface area (Å²) >= 11 is 7.61. The second-order valence-corrected chi connectivity index (χ2v) is 16.0. The lowest BCUT2D eigenvalue weighted by Gasteiger charge is -2.23. The second-order valence-electron chi connectivity index (χ2n) is 14.7. The van der Waals surface area contributed by atoms with Crippen LogP contribution in [-0.4, -0.2) is 80.7 Å². The van der Waals surface area contributed by atoms with E-state index in [2.05, 4.69) is 20.8 Å². The molecule has 0 saturated carbocycles. The summed E-state index contributed by atoms with van der Waals surface area (Å²) in [5.74, 6) is -2.05. The van der Waals surface area contributed by atoms with E-state index in [1.165, 1.54) is 5.38 Å². The number of carbonyl (C=O) groups excluding carboxylic acids is 3. The highest BCUT2D eigenvalue weighted by atomic mass is 35.5. The summed E-state index contributed by atoms with van der Waals surface area (Å²) in [6.07, 6.45) is 1.78. The van der Waals surface area contributed by atoms with E-state index in [4.69, 9.17) is 35.4 Å². The van der Waals surface area contributed by atoms with Crippen LogP contribution in [-0.2, 0) is 42.2 Å². The Morgan fingerprint density at radius 3 is 2.25 bits per heavy atom. The fourth-order valence-electron chi connectivity index (χ4n) is 4.31. The molecule has 2 heterocycles. The van der Waals surface area contributed by atoms with Crippen molar-refractivity contribution < 1.29 is 52.8 Å². The molecule has 2 aromatic heterocycles. The molecule has 18 heteroatoms. The summed E-state index contributed by atoms with van der Waals surface area (Å²) in [7, 11) is 1.89. The monoisotopic (exact) mass is 779 g/mol. The van der Waals surface area contributed by atoms with Gasteiger partial charge in [0.05, 0.1) is 23.3 Å². The van der Waals surface area contributed by atoms with Crippen LogP contribution in [0.4, 0.5) is 14.7 Å². The molecule has 0 spiro atoms. The first-order chi connectivity index (χ1) is 24.5. The van der Waals surface area contributed by atoms with Crippen molar-refractivity contribution in [2.45, 2.75) is 98.2 Å². The maximum Gasteiger partial charge on any atom is 0.413 e. The Morgan fingerprint density at radius 2 is 1.64 bits per heavy atom. The number of carbonyl (C=O) groups is 4. The number of nitrogens with zero attached hydrogens (tertiary/aromatic N) is 4. The minimum Gasteiger partial charge on any atom is -0.489 e. The number of ether oxygens (including phenoxy) is 4. The molecule has 3 N–H and O–H groups in total. The highest BCUT2D eigenvalue weighted by molar-refractivity contribution is 7.14. The van der Waals surface area contributed by atoms with Crippen molar-refractivity contribution >= 4 is 57.9 Å². The van der Waals surface area contributed by atoms with Crippen LogP contribution in [0.5, 0.6) is 5.75 Å². The predicted octanol–water partition coefficient (Wildman–Crippen LogP) is 5.95. The zero-order chi connectivity index (χ0) is 39.7. The molecule has 0 aliphatic heterocycles. The number of aryl methyl sites for hydroxylation is 2. The van der Waals surface area contributed by atoms with Crippen LogP contribution in [0.1, 0.15) is 74.4 Å². The maximum absolute atomic E-state index is 13.1. The van der Waals surface area contributed by atoms with Crippen molar-refractivity contribution in [3.05, 3.63) is 46.7 Å². The fraction of sp³-hybridized carbons (Fsp3) is 0.514. The van der Waals surface area contributed by atoms with Crippen LogP contribution >= 0.6 is 22.9 Å². The van der Waals surface area contributed by atoms with Gasteiger partial charge in [0.25, 0.3) is 6.10 Å². The molecule has 0 bridgehead atoms. The minimum absolute atomic E-state index is 0.0634. The van der Waals surface area contributed by atoms with E-state index in [-0.39, 0.29) is 10.8 Å². The second kappa shape index (κ2) is 17.7. The minimum atomic E-state index is -1.50. The number of esters is 1. The molecule has 2 amide bonds. The molecular formula is C35H48ClN6O10S+. The van der Waals surface area contributed by atoms with Gasteiger partial charge in [0.15, 0.2) is 12.2 Å². The molecule has 3 aromatic rings. The molecule has 1 aromatic carbocycles. The van der Waals surface area contributed by atoms with Crippen molar-refractivity contribution in [1.29, 1.82) is 0 Å². The van der Waals surface area contributed by atoms with Gasteiger partial charge in [0, 0.05) is 17.5 Å². The third-order valence-electron chi connectivity index (χ3n) is 6.40. The first-order valence-electron chi connectivity index (χ1n) is 16.6. The number of carboxylic acids is 1. The van der Waals surface area contributed by atoms with E-state index in [9.17, 15) is 24.3 Å². The summed E-state index contributed by atoms with van der Waals surface area (Å²) in [6.45, 7) is 16.1. The molecule has 3 rings (SSSR count). The number of nitrogens with one attached hydrogen (secondary N) is 2. The zero-order valence-electron chi connectivity index (χ0n) is 31.6. The van der Waals surface area contributed by atoms with E-state index in [0.29, 0.717) is 30.3 Å². The van der Waals surface area contributed by atoms with Gasteiger partial charge in [-0.15, -0.1) is 16.0 Å². The molecule has 0 aliphatic rings. The molecular weight excluding hydrogens is 732 g/mol. The van der Waals surface area contributed by atoms with Crippen molar-refractivity contribution in [1.82, 2.24) is 15.0 Å². The standard InChI is InChI=1S/C35H47ClN6O10S/c1-33(2,3)49-29(45)26(52-40-27(28(43)44)25-20-53-30(38-25)39-32(47)51-35(7,8)9)19-48-22-12-13-23(24(36)16-22)21-17-41(10)42(18-21)15-11-14-37-31(46)50-34(4,5)6/h12-13,16-18,20,26H,11,14-15,19H2,1-10H3,(H2-,37,38,39,43,44,46,47)/p+1/b40-27-. The van der Waals surface area contributed by atoms with Crippen LogP contribution < -0.4 is 20.1 Å². The maximum atomic E-state index is 13.1. The number of carboxylic acid groups (broad SMARTS) is 1. The number of oxime groups is 1. The summed E-state index contributed by atoms with van der Waals surface area (Å²) in [5.41, 5.74) is -1.42. The van der Waals surface area contributed by atoms with E-state index in [0.717, 1.165) is 22.5 Å². The topological polar surface area (TPSA) is 193 Å². The van der Waals surface area contributed by atoms with E-state index in [1.54, 1.807) is 80.5 Å². The van der Waals surface area contributed by atoms with Gasteiger partial charge in [-0.25, -0.2) is 24.2 Å². The quantitative estimate of drug-likeness (QED) is 0.0438. The Balaban J connectivity index is 1.71. The van der Waals surface area contributed by atoms with Crippen molar-refractivity contribution in [2.75, 3.05) is 18.5 Å². The van der Waals surface area contributed by atoms with Crippen LogP contribution in [0.3, 0.4) is 0 Å². The zero-order valence-corrected chi connectivity index (χ0v) is 33.1. The molecule has 290 valence electrons. The average molecular weight is 780 g/mol.